The van der Waals surface area contributed by atoms with Gasteiger partial charge in [-0.3, -0.25) is 24.7 Å². The minimum atomic E-state index is 0. The lowest BCUT2D eigenvalue weighted by atomic mass is 9.93. The number of aliphatic imine (C=N–C) groups is 2. The van der Waals surface area contributed by atoms with E-state index in [-0.39, 0.29) is 12.4 Å². The third kappa shape index (κ3) is 10.4. The van der Waals surface area contributed by atoms with E-state index in [1.54, 1.807) is 39.5 Å². The van der Waals surface area contributed by atoms with Crippen molar-refractivity contribution in [1.29, 1.82) is 0 Å². The summed E-state index contributed by atoms with van der Waals surface area (Å²) in [5.74, 6) is 2.80. The molecule has 2 aliphatic heterocycles. The molecule has 4 aromatic carbocycles. The number of rotatable bonds is 8. The number of pyridine rings is 2. The number of benzene rings is 4. The number of hydrogen-bond acceptors (Lipinski definition) is 9. The van der Waals surface area contributed by atoms with Gasteiger partial charge in [-0.2, -0.15) is 0 Å². The molecule has 0 spiro atoms. The number of carbonyl (C=O) groups is 1. The number of allylic oxidation sites excluding steroid dienone is 1. The SMILES string of the molecule is COc1ccc(/C=C2\CCCN=C2c2ccc3ncccc3c2)c(OC)c1.COc1ccc(C=O)c(OC)c1.Cl.c1cnc2ccc(C3=NCCCC3)cc2c1. The first kappa shape index (κ1) is 41.1. The summed E-state index contributed by atoms with van der Waals surface area (Å²) in [7, 11) is 6.42. The predicted molar refractivity (Wildman–Crippen MR) is 229 cm³/mol. The molecule has 288 valence electrons. The molecule has 0 unspecified atom stereocenters. The highest BCUT2D eigenvalue weighted by molar-refractivity contribution is 6.16. The van der Waals surface area contributed by atoms with Gasteiger partial charge in [-0.15, -0.1) is 12.4 Å². The molecule has 0 saturated heterocycles. The van der Waals surface area contributed by atoms with Crippen LogP contribution in [0.4, 0.5) is 0 Å². The second-order valence-electron chi connectivity index (χ2n) is 12.9. The van der Waals surface area contributed by atoms with Crippen molar-refractivity contribution in [3.05, 3.63) is 137 Å². The van der Waals surface area contributed by atoms with Crippen molar-refractivity contribution in [1.82, 2.24) is 9.97 Å². The van der Waals surface area contributed by atoms with Gasteiger partial charge in [0.15, 0.2) is 6.29 Å². The zero-order chi connectivity index (χ0) is 38.4. The Morgan fingerprint density at radius 2 is 1.16 bits per heavy atom. The zero-order valence-electron chi connectivity index (χ0n) is 32.2. The Hall–Kier alpha value is -6.06. The van der Waals surface area contributed by atoms with Gasteiger partial charge < -0.3 is 18.9 Å². The molecule has 0 radical (unpaired) electrons. The molecule has 0 atom stereocenters. The van der Waals surface area contributed by atoms with Gasteiger partial charge in [0.1, 0.15) is 23.0 Å². The van der Waals surface area contributed by atoms with Gasteiger partial charge in [0.2, 0.25) is 0 Å². The van der Waals surface area contributed by atoms with Crippen LogP contribution in [0, 0.1) is 0 Å². The standard InChI is InChI=1S/C23H22N2O2.C14H14N2.C9H10O3.ClH/c1-26-20-9-7-17(22(15-20)27-2)14-18-6-4-12-25-23(18)19-8-10-21-16(13-19)5-3-11-24-21;1-2-8-15-13(5-1)12-6-7-14-11(10-12)4-3-9-16-14;1-11-8-4-3-7(6-10)9(5-8)12-2;/h3,5,7-11,13-15H,4,6,12H2,1-2H3;3-4,6-7,9-10H,1-2,5,8H2;3-6H,1-2H3;1H/b18-14+;;;. The van der Waals surface area contributed by atoms with Crippen molar-refractivity contribution in [2.45, 2.75) is 32.1 Å². The monoisotopic (exact) mass is 770 g/mol. The van der Waals surface area contributed by atoms with Crippen LogP contribution in [0.5, 0.6) is 23.0 Å². The Morgan fingerprint density at radius 3 is 1.75 bits per heavy atom. The number of aldehydes is 1. The van der Waals surface area contributed by atoms with Crippen LogP contribution in [-0.2, 0) is 0 Å². The lowest BCUT2D eigenvalue weighted by Gasteiger charge is -2.18. The normalized spacial score (nSPS) is 14.1. The van der Waals surface area contributed by atoms with Gasteiger partial charge in [-0.05, 0) is 110 Å². The Bertz CT molecular complexity index is 2360. The summed E-state index contributed by atoms with van der Waals surface area (Å²) >= 11 is 0. The maximum atomic E-state index is 10.5. The molecule has 0 N–H and O–H groups in total. The molecule has 10 heteroatoms. The highest BCUT2D eigenvalue weighted by Crippen LogP contribution is 2.30. The van der Waals surface area contributed by atoms with Gasteiger partial charge in [-0.25, -0.2) is 0 Å². The number of methoxy groups -OCH3 is 4. The van der Waals surface area contributed by atoms with E-state index in [0.717, 1.165) is 83.4 Å². The molecule has 0 amide bonds. The first-order valence-electron chi connectivity index (χ1n) is 18.4. The van der Waals surface area contributed by atoms with Crippen LogP contribution >= 0.6 is 12.4 Å². The molecule has 0 bridgehead atoms. The summed E-state index contributed by atoms with van der Waals surface area (Å²) in [4.78, 5) is 28.6. The molecule has 4 heterocycles. The van der Waals surface area contributed by atoms with Crippen LogP contribution in [0.3, 0.4) is 0 Å². The van der Waals surface area contributed by atoms with E-state index in [1.807, 2.05) is 42.7 Å². The molecule has 0 saturated carbocycles. The topological polar surface area (TPSA) is 104 Å². The fraction of sp³-hybridized carbons (Fsp3) is 0.239. The van der Waals surface area contributed by atoms with Gasteiger partial charge in [-0.1, -0.05) is 24.3 Å². The van der Waals surface area contributed by atoms with E-state index in [4.69, 9.17) is 23.9 Å². The Labute approximate surface area is 334 Å². The summed E-state index contributed by atoms with van der Waals surface area (Å²) in [5, 5.41) is 2.33. The average molecular weight is 771 g/mol. The minimum Gasteiger partial charge on any atom is -0.497 e. The Morgan fingerprint density at radius 1 is 0.571 bits per heavy atom. The van der Waals surface area contributed by atoms with Crippen molar-refractivity contribution < 1.29 is 23.7 Å². The van der Waals surface area contributed by atoms with E-state index in [9.17, 15) is 4.79 Å². The largest absolute Gasteiger partial charge is 0.497 e. The molecule has 2 aliphatic rings. The number of halogens is 1. The number of hydrogen-bond donors (Lipinski definition) is 0. The fourth-order valence-electron chi connectivity index (χ4n) is 6.55. The third-order valence-electron chi connectivity index (χ3n) is 9.45. The molecule has 56 heavy (non-hydrogen) atoms. The van der Waals surface area contributed by atoms with E-state index >= 15 is 0 Å². The predicted octanol–water partition coefficient (Wildman–Crippen LogP) is 10.1. The van der Waals surface area contributed by atoms with Crippen LogP contribution in [-0.4, -0.2) is 69.2 Å². The van der Waals surface area contributed by atoms with Gasteiger partial charge in [0.25, 0.3) is 0 Å². The van der Waals surface area contributed by atoms with Crippen molar-refractivity contribution in [2.24, 2.45) is 9.98 Å². The lowest BCUT2D eigenvalue weighted by Crippen LogP contribution is -2.11. The van der Waals surface area contributed by atoms with Crippen LogP contribution in [0.25, 0.3) is 27.9 Å². The van der Waals surface area contributed by atoms with Gasteiger partial charge in [0.05, 0.1) is 50.7 Å². The molecule has 0 fully saturated rings. The summed E-state index contributed by atoms with van der Waals surface area (Å²) < 4.78 is 20.8. The molecule has 6 aromatic rings. The lowest BCUT2D eigenvalue weighted by molar-refractivity contribution is 0.112. The second kappa shape index (κ2) is 20.6. The first-order chi connectivity index (χ1) is 27.0. The quantitative estimate of drug-likeness (QED) is 0.142. The summed E-state index contributed by atoms with van der Waals surface area (Å²) in [6, 6.07) is 31.8. The molecule has 9 nitrogen and oxygen atoms in total. The molecular weight excluding hydrogens is 724 g/mol. The van der Waals surface area contributed by atoms with Crippen LogP contribution < -0.4 is 18.9 Å². The number of ether oxygens (including phenoxy) is 4. The van der Waals surface area contributed by atoms with Gasteiger partial charge in [0, 0.05) is 65.2 Å². The number of carbonyl (C=O) groups excluding carboxylic acids is 1. The van der Waals surface area contributed by atoms with Crippen molar-refractivity contribution >= 4 is 58.0 Å². The van der Waals surface area contributed by atoms with E-state index in [2.05, 4.69) is 69.6 Å². The van der Waals surface area contributed by atoms with E-state index < -0.39 is 0 Å². The summed E-state index contributed by atoms with van der Waals surface area (Å²) in [6.45, 7) is 1.85. The smallest absolute Gasteiger partial charge is 0.153 e. The maximum Gasteiger partial charge on any atom is 0.153 e. The van der Waals surface area contributed by atoms with Crippen molar-refractivity contribution in [3.8, 4) is 23.0 Å². The zero-order valence-corrected chi connectivity index (χ0v) is 33.1. The Balaban J connectivity index is 0.000000176. The second-order valence-corrected chi connectivity index (χ2v) is 12.9. The highest BCUT2D eigenvalue weighted by Gasteiger charge is 2.16. The minimum absolute atomic E-state index is 0. The molecule has 0 aliphatic carbocycles. The van der Waals surface area contributed by atoms with E-state index in [1.165, 1.54) is 42.2 Å². The van der Waals surface area contributed by atoms with Crippen molar-refractivity contribution in [3.63, 3.8) is 0 Å². The highest BCUT2D eigenvalue weighted by atomic mass is 35.5. The number of nitrogens with zero attached hydrogens (tertiary/aromatic N) is 4. The summed E-state index contributed by atoms with van der Waals surface area (Å²) in [5.41, 5.74) is 9.57. The first-order valence-corrected chi connectivity index (χ1v) is 18.4. The molecular formula is C46H47ClN4O5. The van der Waals surface area contributed by atoms with Crippen LogP contribution in [0.1, 0.15) is 59.2 Å². The van der Waals surface area contributed by atoms with Crippen LogP contribution in [0.2, 0.25) is 0 Å². The Kier molecular flexibility index (Phi) is 15.1. The number of aromatic nitrogens is 2. The van der Waals surface area contributed by atoms with E-state index in [0.29, 0.717) is 17.1 Å². The summed E-state index contributed by atoms with van der Waals surface area (Å²) in [6.07, 6.45) is 12.3. The molecule has 2 aromatic heterocycles. The third-order valence-corrected chi connectivity index (χ3v) is 9.45. The van der Waals surface area contributed by atoms with Crippen molar-refractivity contribution in [2.75, 3.05) is 41.5 Å². The van der Waals surface area contributed by atoms with Gasteiger partial charge >= 0.3 is 0 Å². The fourth-order valence-corrected chi connectivity index (χ4v) is 6.55. The number of fused-ring (bicyclic) bond motifs is 2. The maximum absolute atomic E-state index is 10.5. The van der Waals surface area contributed by atoms with Crippen LogP contribution in [0.15, 0.2) is 125 Å². The average Bonchev–Trinajstić information content (AvgIpc) is 3.26. The molecule has 8 rings (SSSR count).